The van der Waals surface area contributed by atoms with E-state index in [9.17, 15) is 28.1 Å². The fourth-order valence-electron chi connectivity index (χ4n) is 3.46. The van der Waals surface area contributed by atoms with Crippen LogP contribution in [0.3, 0.4) is 0 Å². The number of nitrogen functional groups attached to an aromatic ring is 1. The molecule has 0 bridgehead atoms. The number of carbonyl (C=O) groups excluding carboxylic acids is 1. The second-order valence-corrected chi connectivity index (χ2v) is 10.6. The number of phenolic OH excluding ortho intramolecular Hbond substituents is 1. The second-order valence-electron chi connectivity index (χ2n) is 7.66. The summed E-state index contributed by atoms with van der Waals surface area (Å²) in [6.45, 7) is 0. The Kier molecular flexibility index (Phi) is 13.3. The number of hydrogen-bond donors (Lipinski definition) is 3. The zero-order chi connectivity index (χ0) is 28.3. The average molecular weight is 655 g/mol. The maximum Gasteiger partial charge on any atom is 1.00 e. The molecular weight excluding hydrogens is 641 g/mol. The number of azo groups is 1. The van der Waals surface area contributed by atoms with Gasteiger partial charge in [-0.15, -0.1) is 5.11 Å². The fraction of sp³-hybridized carbons (Fsp3) is 0. The van der Waals surface area contributed by atoms with Gasteiger partial charge in [0.2, 0.25) is 0 Å². The van der Waals surface area contributed by atoms with E-state index in [1.54, 1.807) is 0 Å². The van der Waals surface area contributed by atoms with Crippen molar-refractivity contribution in [1.82, 2.24) is 0 Å². The standard InChI is InChI=1S/C23H16Cl2N4O8S2.2Na/c24-16-3-1-2-15(20(16)25)23(31)27-17-10-14(38-37-36-32)8-11-9-18(39(33,34)35)21(22(30)19(11)17)29-28-13-6-4-12(26)5-7-13;;/h1-10,30,32H,26H2,(H,27,31)(H,33,34,35);;/q;2*+1/p-2. The van der Waals surface area contributed by atoms with Gasteiger partial charge in [0.05, 0.1) is 43.9 Å². The first-order valence-corrected chi connectivity index (χ1v) is 13.4. The van der Waals surface area contributed by atoms with E-state index in [1.807, 2.05) is 0 Å². The molecule has 0 heterocycles. The van der Waals surface area contributed by atoms with Crippen molar-refractivity contribution in [1.29, 1.82) is 0 Å². The van der Waals surface area contributed by atoms with Crippen molar-refractivity contribution >= 4 is 84.8 Å². The van der Waals surface area contributed by atoms with Gasteiger partial charge < -0.3 is 26.0 Å². The van der Waals surface area contributed by atoms with E-state index in [1.165, 1.54) is 54.6 Å². The number of nitrogens with zero attached hydrogens (tertiary/aromatic N) is 2. The molecule has 4 aromatic carbocycles. The molecule has 0 saturated heterocycles. The Hall–Kier alpha value is -1.47. The van der Waals surface area contributed by atoms with Crippen LogP contribution in [0.2, 0.25) is 10.0 Å². The summed E-state index contributed by atoms with van der Waals surface area (Å²) >= 11 is 12.6. The van der Waals surface area contributed by atoms with E-state index in [0.29, 0.717) is 17.7 Å². The van der Waals surface area contributed by atoms with Crippen LogP contribution in [-0.4, -0.2) is 24.0 Å². The summed E-state index contributed by atoms with van der Waals surface area (Å²) in [5, 5.41) is 35.0. The van der Waals surface area contributed by atoms with Crippen LogP contribution in [0.15, 0.2) is 80.7 Å². The Bertz CT molecular complexity index is 1730. The van der Waals surface area contributed by atoms with Gasteiger partial charge in [-0.25, -0.2) is 8.42 Å². The predicted molar refractivity (Wildman–Crippen MR) is 141 cm³/mol. The summed E-state index contributed by atoms with van der Waals surface area (Å²) in [5.74, 6) is -1.54. The SMILES string of the molecule is Nc1ccc(N=Nc2c(S(=O)(=O)[O-])cc3cc(SOO[O-])cc(NC(=O)c4cccc(Cl)c4Cl)c3c2O)cc1.[Na+].[Na+]. The molecule has 41 heavy (non-hydrogen) atoms. The van der Waals surface area contributed by atoms with Crippen LogP contribution in [0.5, 0.6) is 5.75 Å². The minimum absolute atomic E-state index is 0. The molecule has 18 heteroatoms. The van der Waals surface area contributed by atoms with Gasteiger partial charge >= 0.3 is 59.1 Å². The number of anilines is 2. The van der Waals surface area contributed by atoms with Crippen LogP contribution >= 0.6 is 35.2 Å². The van der Waals surface area contributed by atoms with Crippen molar-refractivity contribution in [3.05, 3.63) is 76.3 Å². The Morgan fingerprint density at radius 3 is 2.37 bits per heavy atom. The minimum atomic E-state index is -5.19. The van der Waals surface area contributed by atoms with E-state index < -0.39 is 32.4 Å². The molecule has 1 amide bonds. The summed E-state index contributed by atoms with van der Waals surface area (Å²) in [4.78, 5) is 12.3. The molecule has 202 valence electrons. The zero-order valence-electron chi connectivity index (χ0n) is 21.1. The van der Waals surface area contributed by atoms with Gasteiger partial charge in [0.15, 0.2) is 5.75 Å². The van der Waals surface area contributed by atoms with Gasteiger partial charge in [-0.3, -0.25) is 9.83 Å². The molecule has 0 radical (unpaired) electrons. The number of nitrogens with two attached hydrogens (primary N) is 1. The number of carbonyl (C=O) groups is 1. The molecule has 0 aliphatic rings. The van der Waals surface area contributed by atoms with Crippen LogP contribution in [0, 0.1) is 0 Å². The summed E-state index contributed by atoms with van der Waals surface area (Å²) in [6, 6.07) is 13.8. The maximum absolute atomic E-state index is 13.1. The Morgan fingerprint density at radius 2 is 1.73 bits per heavy atom. The van der Waals surface area contributed by atoms with E-state index in [4.69, 9.17) is 28.9 Å². The topological polar surface area (TPSA) is 199 Å². The van der Waals surface area contributed by atoms with E-state index in [2.05, 4.69) is 24.9 Å². The van der Waals surface area contributed by atoms with E-state index in [-0.39, 0.29) is 102 Å². The third kappa shape index (κ3) is 8.55. The molecule has 0 aromatic heterocycles. The number of fused-ring (bicyclic) bond motifs is 1. The van der Waals surface area contributed by atoms with E-state index >= 15 is 0 Å². The molecule has 0 saturated carbocycles. The van der Waals surface area contributed by atoms with Crippen molar-refractivity contribution in [2.75, 3.05) is 11.1 Å². The number of amides is 1. The number of halogens is 2. The number of rotatable bonds is 8. The molecule has 4 N–H and O–H groups in total. The smallest absolute Gasteiger partial charge is 0.744 e. The number of aromatic hydroxyl groups is 1. The number of nitrogens with one attached hydrogen (secondary N) is 1. The van der Waals surface area contributed by atoms with E-state index in [0.717, 1.165) is 6.07 Å². The molecule has 12 nitrogen and oxygen atoms in total. The molecule has 0 aliphatic carbocycles. The summed E-state index contributed by atoms with van der Waals surface area (Å²) < 4.78 is 40.6. The quantitative estimate of drug-likeness (QED) is 0.0413. The van der Waals surface area contributed by atoms with Crippen LogP contribution in [0.4, 0.5) is 22.7 Å². The number of phenols is 1. The minimum Gasteiger partial charge on any atom is -0.744 e. The third-order valence-corrected chi connectivity index (χ3v) is 7.37. The molecule has 0 atom stereocenters. The molecule has 0 aliphatic heterocycles. The van der Waals surface area contributed by atoms with Gasteiger partial charge in [0.1, 0.15) is 15.8 Å². The average Bonchev–Trinajstić information content (AvgIpc) is 2.88. The van der Waals surface area contributed by atoms with Crippen LogP contribution in [0.25, 0.3) is 10.8 Å². The second kappa shape index (κ2) is 15.3. The molecule has 4 rings (SSSR count). The van der Waals surface area contributed by atoms with Crippen molar-refractivity contribution in [2.24, 2.45) is 10.2 Å². The summed E-state index contributed by atoms with van der Waals surface area (Å²) in [6.07, 6.45) is 0. The van der Waals surface area contributed by atoms with Gasteiger partial charge in [-0.05, 0) is 60.0 Å². The predicted octanol–water partition coefficient (Wildman–Crippen LogP) is -0.755. The van der Waals surface area contributed by atoms with Crippen molar-refractivity contribution in [2.45, 2.75) is 9.79 Å². The van der Waals surface area contributed by atoms with Gasteiger partial charge in [-0.2, -0.15) is 9.45 Å². The van der Waals surface area contributed by atoms with Crippen LogP contribution < -0.4 is 75.4 Å². The van der Waals surface area contributed by atoms with Crippen LogP contribution in [0.1, 0.15) is 10.4 Å². The number of hydrogen-bond acceptors (Lipinski definition) is 12. The zero-order valence-corrected chi connectivity index (χ0v) is 28.3. The fourth-order valence-corrected chi connectivity index (χ4v) is 4.94. The normalized spacial score (nSPS) is 11.2. The first kappa shape index (κ1) is 35.7. The Morgan fingerprint density at radius 1 is 1.05 bits per heavy atom. The van der Waals surface area contributed by atoms with Gasteiger partial charge in [-0.1, -0.05) is 29.3 Å². The molecular formula is C23H14Cl2N4Na2O8S2. The Balaban J connectivity index is 0.00000294. The molecule has 0 spiro atoms. The van der Waals surface area contributed by atoms with Crippen LogP contribution in [-0.2, 0) is 19.5 Å². The van der Waals surface area contributed by atoms with Crippen molar-refractivity contribution < 1.29 is 96.6 Å². The largest absolute Gasteiger partial charge is 1.00 e. The molecule has 0 unspecified atom stereocenters. The maximum atomic E-state index is 13.1. The molecule has 4 aromatic rings. The third-order valence-electron chi connectivity index (χ3n) is 5.15. The van der Waals surface area contributed by atoms with Gasteiger partial charge in [0.25, 0.3) is 5.91 Å². The van der Waals surface area contributed by atoms with Crippen molar-refractivity contribution in [3.8, 4) is 5.75 Å². The molecule has 0 fully saturated rings. The summed E-state index contributed by atoms with van der Waals surface area (Å²) in [5.41, 5.74) is 5.53. The Labute approximate surface area is 291 Å². The van der Waals surface area contributed by atoms with Crippen molar-refractivity contribution in [3.63, 3.8) is 0 Å². The monoisotopic (exact) mass is 654 g/mol. The summed E-state index contributed by atoms with van der Waals surface area (Å²) in [7, 11) is -5.19. The first-order chi connectivity index (χ1) is 18.5. The first-order valence-electron chi connectivity index (χ1n) is 10.4. The van der Waals surface area contributed by atoms with Gasteiger partial charge in [0, 0.05) is 16.0 Å². The number of benzene rings is 4.